The molecule has 0 spiro atoms. The Bertz CT molecular complexity index is 451. The van der Waals surface area contributed by atoms with Crippen molar-refractivity contribution in [3.8, 4) is 5.75 Å². The summed E-state index contributed by atoms with van der Waals surface area (Å²) in [5.74, 6) is 0.333. The molecule has 0 saturated carbocycles. The molecule has 15 heavy (non-hydrogen) atoms. The van der Waals surface area contributed by atoms with Gasteiger partial charge in [0.05, 0.1) is 11.0 Å². The van der Waals surface area contributed by atoms with Gasteiger partial charge in [0.2, 0.25) is 0 Å². The standard InChI is InChI=1S/C11H14O3S/c12-10-6-2-1-5-9(10)11-7-3-4-8-15(11,13)14/h1-2,5-6,11-12H,3-4,7-8H2. The third kappa shape index (κ3) is 2.00. The fourth-order valence-corrected chi connectivity index (χ4v) is 4.07. The van der Waals surface area contributed by atoms with Gasteiger partial charge in [0.1, 0.15) is 5.75 Å². The number of sulfone groups is 1. The van der Waals surface area contributed by atoms with E-state index in [0.717, 1.165) is 12.8 Å². The Morgan fingerprint density at radius 3 is 2.60 bits per heavy atom. The summed E-state index contributed by atoms with van der Waals surface area (Å²) < 4.78 is 23.6. The second-order valence-corrected chi connectivity index (χ2v) is 6.21. The molecule has 1 heterocycles. The number of phenolic OH excluding ortho intramolecular Hbond substituents is 1. The van der Waals surface area contributed by atoms with Crippen LogP contribution in [0.25, 0.3) is 0 Å². The molecule has 1 aliphatic rings. The summed E-state index contributed by atoms with van der Waals surface area (Å²) in [5, 5.41) is 9.12. The first-order valence-electron chi connectivity index (χ1n) is 5.11. The second-order valence-electron chi connectivity index (χ2n) is 3.91. The van der Waals surface area contributed by atoms with E-state index in [1.165, 1.54) is 0 Å². The summed E-state index contributed by atoms with van der Waals surface area (Å²) in [7, 11) is -3.06. The molecule has 1 fully saturated rings. The third-order valence-electron chi connectivity index (χ3n) is 2.86. The smallest absolute Gasteiger partial charge is 0.157 e. The zero-order valence-electron chi connectivity index (χ0n) is 8.39. The van der Waals surface area contributed by atoms with Crippen molar-refractivity contribution < 1.29 is 13.5 Å². The molecule has 0 bridgehead atoms. The first-order valence-corrected chi connectivity index (χ1v) is 6.82. The van der Waals surface area contributed by atoms with Crippen LogP contribution in [0.5, 0.6) is 5.75 Å². The maximum atomic E-state index is 11.8. The maximum Gasteiger partial charge on any atom is 0.157 e. The predicted molar refractivity (Wildman–Crippen MR) is 58.5 cm³/mol. The summed E-state index contributed by atoms with van der Waals surface area (Å²) in [5.41, 5.74) is 0.553. The highest BCUT2D eigenvalue weighted by Gasteiger charge is 2.31. The lowest BCUT2D eigenvalue weighted by Crippen LogP contribution is -2.21. The maximum absolute atomic E-state index is 11.8. The van der Waals surface area contributed by atoms with E-state index in [1.807, 2.05) is 0 Å². The molecule has 4 heteroatoms. The van der Waals surface area contributed by atoms with E-state index in [0.29, 0.717) is 12.0 Å². The van der Waals surface area contributed by atoms with Crippen LogP contribution >= 0.6 is 0 Å². The van der Waals surface area contributed by atoms with Gasteiger partial charge in [-0.1, -0.05) is 24.6 Å². The van der Waals surface area contributed by atoms with E-state index in [9.17, 15) is 13.5 Å². The molecular formula is C11H14O3S. The first kappa shape index (κ1) is 10.5. The van der Waals surface area contributed by atoms with Crippen molar-refractivity contribution >= 4 is 9.84 Å². The van der Waals surface area contributed by atoms with Crippen LogP contribution in [-0.2, 0) is 9.84 Å². The van der Waals surface area contributed by atoms with Crippen LogP contribution in [0.4, 0.5) is 0 Å². The summed E-state index contributed by atoms with van der Waals surface area (Å²) >= 11 is 0. The SMILES string of the molecule is O=S1(=O)CCCCC1c1ccccc1O. The van der Waals surface area contributed by atoms with Crippen LogP contribution in [-0.4, -0.2) is 19.3 Å². The van der Waals surface area contributed by atoms with Gasteiger partial charge >= 0.3 is 0 Å². The normalized spacial score (nSPS) is 24.9. The predicted octanol–water partition coefficient (Wildman–Crippen LogP) is 2.03. The number of aromatic hydroxyl groups is 1. The average Bonchev–Trinajstić information content (AvgIpc) is 2.19. The lowest BCUT2D eigenvalue weighted by atomic mass is 10.1. The Kier molecular flexibility index (Phi) is 2.69. The number of benzene rings is 1. The van der Waals surface area contributed by atoms with Gasteiger partial charge in [-0.25, -0.2) is 8.42 Å². The van der Waals surface area contributed by atoms with Gasteiger partial charge in [-0.3, -0.25) is 0 Å². The minimum Gasteiger partial charge on any atom is -0.508 e. The third-order valence-corrected chi connectivity index (χ3v) is 5.08. The monoisotopic (exact) mass is 226 g/mol. The summed E-state index contributed by atoms with van der Waals surface area (Å²) in [6, 6.07) is 6.70. The number of para-hydroxylation sites is 1. The molecule has 1 aromatic carbocycles. The van der Waals surface area contributed by atoms with E-state index in [-0.39, 0.29) is 11.5 Å². The minimum atomic E-state index is -3.06. The van der Waals surface area contributed by atoms with Gasteiger partial charge in [0.15, 0.2) is 9.84 Å². The number of hydrogen-bond donors (Lipinski definition) is 1. The Morgan fingerprint density at radius 1 is 1.20 bits per heavy atom. The van der Waals surface area contributed by atoms with Crippen molar-refractivity contribution in [2.75, 3.05) is 5.75 Å². The van der Waals surface area contributed by atoms with Crippen LogP contribution in [0, 0.1) is 0 Å². The van der Waals surface area contributed by atoms with Crippen LogP contribution < -0.4 is 0 Å². The van der Waals surface area contributed by atoms with Gasteiger partial charge in [-0.2, -0.15) is 0 Å². The average molecular weight is 226 g/mol. The molecule has 1 saturated heterocycles. The molecule has 1 unspecified atom stereocenters. The first-order chi connectivity index (χ1) is 7.11. The van der Waals surface area contributed by atoms with Gasteiger partial charge in [0, 0.05) is 5.56 Å². The molecule has 0 aromatic heterocycles. The molecular weight excluding hydrogens is 212 g/mol. The van der Waals surface area contributed by atoms with E-state index in [2.05, 4.69) is 0 Å². The van der Waals surface area contributed by atoms with Gasteiger partial charge in [0.25, 0.3) is 0 Å². The fraction of sp³-hybridized carbons (Fsp3) is 0.455. The highest BCUT2D eigenvalue weighted by molar-refractivity contribution is 7.91. The van der Waals surface area contributed by atoms with Crippen molar-refractivity contribution in [1.82, 2.24) is 0 Å². The lowest BCUT2D eigenvalue weighted by Gasteiger charge is -2.23. The van der Waals surface area contributed by atoms with Crippen LogP contribution in [0.1, 0.15) is 30.1 Å². The van der Waals surface area contributed by atoms with Crippen LogP contribution in [0.15, 0.2) is 24.3 Å². The van der Waals surface area contributed by atoms with Crippen molar-refractivity contribution in [2.45, 2.75) is 24.5 Å². The summed E-state index contributed by atoms with van der Waals surface area (Å²) in [6.45, 7) is 0. The molecule has 0 amide bonds. The largest absolute Gasteiger partial charge is 0.508 e. The highest BCUT2D eigenvalue weighted by Crippen LogP contribution is 2.37. The zero-order chi connectivity index (χ0) is 10.9. The minimum absolute atomic E-state index is 0.0907. The molecule has 1 aliphatic heterocycles. The molecule has 82 valence electrons. The van der Waals surface area contributed by atoms with Crippen molar-refractivity contribution in [1.29, 1.82) is 0 Å². The Labute approximate surface area is 89.7 Å². The van der Waals surface area contributed by atoms with E-state index in [1.54, 1.807) is 24.3 Å². The summed E-state index contributed by atoms with van der Waals surface area (Å²) in [4.78, 5) is 0. The van der Waals surface area contributed by atoms with Crippen LogP contribution in [0.2, 0.25) is 0 Å². The van der Waals surface area contributed by atoms with Crippen LogP contribution in [0.3, 0.4) is 0 Å². The molecule has 1 aromatic rings. The van der Waals surface area contributed by atoms with E-state index < -0.39 is 15.1 Å². The number of phenols is 1. The zero-order valence-corrected chi connectivity index (χ0v) is 9.20. The van der Waals surface area contributed by atoms with Gasteiger partial charge in [-0.15, -0.1) is 0 Å². The summed E-state index contributed by atoms with van der Waals surface area (Å²) in [6.07, 6.45) is 2.28. The van der Waals surface area contributed by atoms with Gasteiger partial charge in [-0.05, 0) is 18.9 Å². The van der Waals surface area contributed by atoms with E-state index >= 15 is 0 Å². The van der Waals surface area contributed by atoms with E-state index in [4.69, 9.17) is 0 Å². The Balaban J connectivity index is 2.42. The molecule has 3 nitrogen and oxygen atoms in total. The molecule has 0 radical (unpaired) electrons. The molecule has 1 N–H and O–H groups in total. The molecule has 1 atom stereocenters. The van der Waals surface area contributed by atoms with Crippen molar-refractivity contribution in [3.63, 3.8) is 0 Å². The van der Waals surface area contributed by atoms with Gasteiger partial charge < -0.3 is 5.11 Å². The lowest BCUT2D eigenvalue weighted by molar-refractivity contribution is 0.461. The fourth-order valence-electron chi connectivity index (χ4n) is 2.06. The highest BCUT2D eigenvalue weighted by atomic mass is 32.2. The second kappa shape index (κ2) is 3.85. The quantitative estimate of drug-likeness (QED) is 0.797. The Hall–Kier alpha value is -1.03. The topological polar surface area (TPSA) is 54.4 Å². The van der Waals surface area contributed by atoms with Crippen molar-refractivity contribution in [3.05, 3.63) is 29.8 Å². The Morgan fingerprint density at radius 2 is 1.93 bits per heavy atom. The molecule has 2 rings (SSSR count). The molecule has 0 aliphatic carbocycles. The number of rotatable bonds is 1. The number of hydrogen-bond acceptors (Lipinski definition) is 3. The van der Waals surface area contributed by atoms with Crippen molar-refractivity contribution in [2.24, 2.45) is 0 Å².